The Bertz CT molecular complexity index is 318. The van der Waals surface area contributed by atoms with Crippen LogP contribution in [-0.4, -0.2) is 13.6 Å². The third-order valence-corrected chi connectivity index (χ3v) is 3.50. The summed E-state index contributed by atoms with van der Waals surface area (Å²) < 4.78 is 0. The average molecular weight is 218 g/mol. The predicted molar refractivity (Wildman–Crippen MR) is 69.7 cm³/mol. The maximum absolute atomic E-state index is 3.52. The van der Waals surface area contributed by atoms with Crippen molar-refractivity contribution < 1.29 is 0 Å². The van der Waals surface area contributed by atoms with Gasteiger partial charge in [-0.15, -0.1) is 0 Å². The molecule has 1 fully saturated rings. The summed E-state index contributed by atoms with van der Waals surface area (Å²) in [5.41, 5.74) is 2.55. The number of nitrogens with one attached hydrogen (secondary N) is 2. The Morgan fingerprint density at radius 1 is 1.31 bits per heavy atom. The van der Waals surface area contributed by atoms with E-state index in [1.165, 1.54) is 36.9 Å². The summed E-state index contributed by atoms with van der Waals surface area (Å²) in [5, 5.41) is 6.69. The smallest absolute Gasteiger partial charge is 0.0340 e. The lowest BCUT2D eigenvalue weighted by Crippen LogP contribution is -2.21. The van der Waals surface area contributed by atoms with Gasteiger partial charge in [0.25, 0.3) is 0 Å². The molecule has 2 heteroatoms. The molecule has 88 valence electrons. The van der Waals surface area contributed by atoms with Crippen molar-refractivity contribution >= 4 is 5.69 Å². The highest BCUT2D eigenvalue weighted by molar-refractivity contribution is 5.44. The molecule has 0 unspecified atom stereocenters. The second kappa shape index (κ2) is 5.90. The molecule has 0 atom stereocenters. The van der Waals surface area contributed by atoms with Crippen LogP contribution in [0.4, 0.5) is 5.69 Å². The Morgan fingerprint density at radius 3 is 2.88 bits per heavy atom. The maximum atomic E-state index is 3.52. The molecule has 1 aromatic carbocycles. The Morgan fingerprint density at radius 2 is 2.19 bits per heavy atom. The Labute approximate surface area is 98.4 Å². The van der Waals surface area contributed by atoms with Crippen molar-refractivity contribution in [3.63, 3.8) is 0 Å². The van der Waals surface area contributed by atoms with E-state index in [0.717, 1.165) is 19.0 Å². The van der Waals surface area contributed by atoms with Gasteiger partial charge in [0.05, 0.1) is 0 Å². The van der Waals surface area contributed by atoms with E-state index in [9.17, 15) is 0 Å². The molecule has 2 N–H and O–H groups in total. The quantitative estimate of drug-likeness (QED) is 0.717. The largest absolute Gasteiger partial charge is 0.388 e. The first-order valence-corrected chi connectivity index (χ1v) is 6.36. The highest BCUT2D eigenvalue weighted by Gasteiger charge is 2.15. The van der Waals surface area contributed by atoms with Gasteiger partial charge in [-0.3, -0.25) is 0 Å². The van der Waals surface area contributed by atoms with Gasteiger partial charge >= 0.3 is 0 Å². The van der Waals surface area contributed by atoms with E-state index < -0.39 is 0 Å². The van der Waals surface area contributed by atoms with Gasteiger partial charge in [-0.05, 0) is 36.6 Å². The summed E-state index contributed by atoms with van der Waals surface area (Å²) in [4.78, 5) is 0. The minimum absolute atomic E-state index is 0.988. The molecule has 1 saturated carbocycles. The summed E-state index contributed by atoms with van der Waals surface area (Å²) in [6, 6.07) is 8.58. The Balaban J connectivity index is 1.67. The van der Waals surface area contributed by atoms with Gasteiger partial charge in [0.1, 0.15) is 0 Å². The minimum Gasteiger partial charge on any atom is -0.388 e. The van der Waals surface area contributed by atoms with E-state index in [4.69, 9.17) is 0 Å². The number of hydrogen-bond donors (Lipinski definition) is 2. The van der Waals surface area contributed by atoms with Gasteiger partial charge in [-0.25, -0.2) is 0 Å². The molecular weight excluding hydrogens is 196 g/mol. The van der Waals surface area contributed by atoms with Crippen LogP contribution >= 0.6 is 0 Å². The van der Waals surface area contributed by atoms with E-state index in [1.54, 1.807) is 0 Å². The molecule has 0 aromatic heterocycles. The van der Waals surface area contributed by atoms with E-state index in [0.29, 0.717) is 0 Å². The summed E-state index contributed by atoms with van der Waals surface area (Å²) in [5.74, 6) is 1.01. The van der Waals surface area contributed by atoms with Crippen LogP contribution in [0.2, 0.25) is 0 Å². The maximum Gasteiger partial charge on any atom is 0.0340 e. The van der Waals surface area contributed by atoms with Gasteiger partial charge in [0, 0.05) is 19.3 Å². The van der Waals surface area contributed by atoms with Crippen LogP contribution in [0.15, 0.2) is 24.3 Å². The topological polar surface area (TPSA) is 24.1 Å². The third kappa shape index (κ3) is 3.24. The molecule has 0 bridgehead atoms. The fourth-order valence-electron chi connectivity index (χ4n) is 2.16. The SMILES string of the molecule is CNc1cccc(CNCCC2CCC2)c1. The van der Waals surface area contributed by atoms with E-state index in [1.807, 2.05) is 7.05 Å². The first kappa shape index (κ1) is 11.5. The van der Waals surface area contributed by atoms with Crippen LogP contribution in [0.5, 0.6) is 0 Å². The number of rotatable bonds is 6. The summed E-state index contributed by atoms with van der Waals surface area (Å²) in [6.07, 6.45) is 5.72. The molecule has 0 amide bonds. The summed E-state index contributed by atoms with van der Waals surface area (Å²) in [6.45, 7) is 2.15. The molecule has 2 rings (SSSR count). The van der Waals surface area contributed by atoms with Crippen LogP contribution in [0, 0.1) is 5.92 Å². The fraction of sp³-hybridized carbons (Fsp3) is 0.571. The molecule has 0 saturated heterocycles. The fourth-order valence-corrected chi connectivity index (χ4v) is 2.16. The first-order chi connectivity index (χ1) is 7.88. The monoisotopic (exact) mass is 218 g/mol. The molecule has 2 nitrogen and oxygen atoms in total. The molecule has 16 heavy (non-hydrogen) atoms. The van der Waals surface area contributed by atoms with Crippen LogP contribution < -0.4 is 10.6 Å². The van der Waals surface area contributed by atoms with Crippen LogP contribution in [0.1, 0.15) is 31.2 Å². The highest BCUT2D eigenvalue weighted by atomic mass is 14.9. The van der Waals surface area contributed by atoms with E-state index in [2.05, 4.69) is 34.9 Å². The van der Waals surface area contributed by atoms with Crippen molar-refractivity contribution in [2.24, 2.45) is 5.92 Å². The van der Waals surface area contributed by atoms with Crippen LogP contribution in [0.25, 0.3) is 0 Å². The lowest BCUT2D eigenvalue weighted by atomic mass is 9.83. The molecule has 1 aliphatic carbocycles. The second-order valence-electron chi connectivity index (χ2n) is 4.71. The minimum atomic E-state index is 0.988. The molecule has 0 spiro atoms. The number of anilines is 1. The molecular formula is C14H22N2. The highest BCUT2D eigenvalue weighted by Crippen LogP contribution is 2.28. The third-order valence-electron chi connectivity index (χ3n) is 3.50. The Kier molecular flexibility index (Phi) is 4.23. The molecule has 1 aliphatic rings. The van der Waals surface area contributed by atoms with Gasteiger partial charge in [-0.1, -0.05) is 31.4 Å². The number of hydrogen-bond acceptors (Lipinski definition) is 2. The standard InChI is InChI=1S/C14H22N2/c1-15-14-7-3-6-13(10-14)11-16-9-8-12-4-2-5-12/h3,6-7,10,12,15-16H,2,4-5,8-9,11H2,1H3. The normalized spacial score (nSPS) is 15.8. The van der Waals surface area contributed by atoms with Crippen molar-refractivity contribution in [1.29, 1.82) is 0 Å². The van der Waals surface area contributed by atoms with Crippen molar-refractivity contribution in [2.45, 2.75) is 32.2 Å². The van der Waals surface area contributed by atoms with Gasteiger partial charge < -0.3 is 10.6 Å². The molecule has 0 radical (unpaired) electrons. The first-order valence-electron chi connectivity index (χ1n) is 6.36. The van der Waals surface area contributed by atoms with Crippen molar-refractivity contribution in [2.75, 3.05) is 18.9 Å². The molecule has 1 aromatic rings. The van der Waals surface area contributed by atoms with Crippen molar-refractivity contribution in [3.05, 3.63) is 29.8 Å². The average Bonchev–Trinajstić information content (AvgIpc) is 2.27. The van der Waals surface area contributed by atoms with E-state index in [-0.39, 0.29) is 0 Å². The summed E-state index contributed by atoms with van der Waals surface area (Å²) >= 11 is 0. The van der Waals surface area contributed by atoms with E-state index >= 15 is 0 Å². The second-order valence-corrected chi connectivity index (χ2v) is 4.71. The van der Waals surface area contributed by atoms with Crippen LogP contribution in [0.3, 0.4) is 0 Å². The van der Waals surface area contributed by atoms with Crippen molar-refractivity contribution in [3.8, 4) is 0 Å². The predicted octanol–water partition coefficient (Wildman–Crippen LogP) is 3.01. The van der Waals surface area contributed by atoms with Crippen LogP contribution in [-0.2, 0) is 6.54 Å². The number of benzene rings is 1. The molecule has 0 aliphatic heterocycles. The summed E-state index contributed by atoms with van der Waals surface area (Å²) in [7, 11) is 1.96. The zero-order chi connectivity index (χ0) is 11.2. The lowest BCUT2D eigenvalue weighted by Gasteiger charge is -2.25. The van der Waals surface area contributed by atoms with Gasteiger partial charge in [0.2, 0.25) is 0 Å². The van der Waals surface area contributed by atoms with Gasteiger partial charge in [0.15, 0.2) is 0 Å². The lowest BCUT2D eigenvalue weighted by molar-refractivity contribution is 0.292. The Hall–Kier alpha value is -1.02. The van der Waals surface area contributed by atoms with Gasteiger partial charge in [-0.2, -0.15) is 0 Å². The molecule has 0 heterocycles. The zero-order valence-electron chi connectivity index (χ0n) is 10.1. The van der Waals surface area contributed by atoms with Crippen molar-refractivity contribution in [1.82, 2.24) is 5.32 Å². The zero-order valence-corrected chi connectivity index (χ0v) is 10.1.